The minimum absolute atomic E-state index is 0.132. The van der Waals surface area contributed by atoms with Crippen molar-refractivity contribution in [3.63, 3.8) is 0 Å². The first-order valence-corrected chi connectivity index (χ1v) is 5.51. The third kappa shape index (κ3) is 4.25. The Balaban J connectivity index is 2.59. The SMILES string of the molecule is COCCCNC(=O)c1ccccc1CC#N. The van der Waals surface area contributed by atoms with Crippen LogP contribution in [0, 0.1) is 11.3 Å². The maximum absolute atomic E-state index is 11.8. The number of rotatable bonds is 6. The summed E-state index contributed by atoms with van der Waals surface area (Å²) in [6.45, 7) is 1.20. The quantitative estimate of drug-likeness (QED) is 0.756. The number of nitriles is 1. The van der Waals surface area contributed by atoms with Gasteiger partial charge in [-0.15, -0.1) is 0 Å². The zero-order valence-corrected chi connectivity index (χ0v) is 9.90. The number of benzene rings is 1. The molecule has 1 aromatic carbocycles. The van der Waals surface area contributed by atoms with E-state index in [0.717, 1.165) is 12.0 Å². The van der Waals surface area contributed by atoms with Gasteiger partial charge in [0, 0.05) is 25.8 Å². The van der Waals surface area contributed by atoms with Crippen LogP contribution in [0.2, 0.25) is 0 Å². The Morgan fingerprint density at radius 2 is 2.24 bits per heavy atom. The minimum Gasteiger partial charge on any atom is -0.385 e. The van der Waals surface area contributed by atoms with Crippen LogP contribution in [-0.2, 0) is 11.2 Å². The summed E-state index contributed by atoms with van der Waals surface area (Å²) in [6.07, 6.45) is 1.03. The summed E-state index contributed by atoms with van der Waals surface area (Å²) in [5, 5.41) is 11.5. The fraction of sp³-hybridized carbons (Fsp3) is 0.385. The van der Waals surface area contributed by atoms with Crippen molar-refractivity contribution in [2.45, 2.75) is 12.8 Å². The molecule has 1 aromatic rings. The highest BCUT2D eigenvalue weighted by molar-refractivity contribution is 5.95. The molecule has 1 N–H and O–H groups in total. The summed E-state index contributed by atoms with van der Waals surface area (Å²) in [6, 6.07) is 9.21. The lowest BCUT2D eigenvalue weighted by Gasteiger charge is -2.07. The smallest absolute Gasteiger partial charge is 0.251 e. The van der Waals surface area contributed by atoms with Gasteiger partial charge in [-0.1, -0.05) is 18.2 Å². The van der Waals surface area contributed by atoms with Crippen LogP contribution in [0.5, 0.6) is 0 Å². The largest absolute Gasteiger partial charge is 0.385 e. The van der Waals surface area contributed by atoms with Crippen molar-refractivity contribution in [3.8, 4) is 6.07 Å². The lowest BCUT2D eigenvalue weighted by Crippen LogP contribution is -2.26. The Morgan fingerprint density at radius 1 is 1.47 bits per heavy atom. The van der Waals surface area contributed by atoms with Crippen LogP contribution >= 0.6 is 0 Å². The van der Waals surface area contributed by atoms with Gasteiger partial charge in [0.05, 0.1) is 12.5 Å². The average molecular weight is 232 g/mol. The number of hydrogen-bond acceptors (Lipinski definition) is 3. The molecule has 0 spiro atoms. The predicted molar refractivity (Wildman–Crippen MR) is 64.6 cm³/mol. The van der Waals surface area contributed by atoms with Crippen molar-refractivity contribution in [1.29, 1.82) is 5.26 Å². The maximum atomic E-state index is 11.8. The Labute approximate surface area is 101 Å². The van der Waals surface area contributed by atoms with E-state index < -0.39 is 0 Å². The summed E-state index contributed by atoms with van der Waals surface area (Å²) in [4.78, 5) is 11.8. The molecule has 4 nitrogen and oxygen atoms in total. The van der Waals surface area contributed by atoms with Gasteiger partial charge in [0.2, 0.25) is 0 Å². The van der Waals surface area contributed by atoms with Crippen molar-refractivity contribution < 1.29 is 9.53 Å². The van der Waals surface area contributed by atoms with Crippen LogP contribution in [-0.4, -0.2) is 26.2 Å². The molecule has 1 amide bonds. The van der Waals surface area contributed by atoms with Gasteiger partial charge in [-0.2, -0.15) is 5.26 Å². The molecule has 0 saturated heterocycles. The van der Waals surface area contributed by atoms with Gasteiger partial charge in [-0.3, -0.25) is 4.79 Å². The zero-order valence-electron chi connectivity index (χ0n) is 9.90. The van der Waals surface area contributed by atoms with Gasteiger partial charge in [0.25, 0.3) is 5.91 Å². The van der Waals surface area contributed by atoms with Crippen molar-refractivity contribution in [2.75, 3.05) is 20.3 Å². The summed E-state index contributed by atoms with van der Waals surface area (Å²) >= 11 is 0. The van der Waals surface area contributed by atoms with E-state index in [4.69, 9.17) is 10.00 Å². The van der Waals surface area contributed by atoms with E-state index >= 15 is 0 Å². The molecule has 90 valence electrons. The van der Waals surface area contributed by atoms with E-state index in [1.807, 2.05) is 6.07 Å². The van der Waals surface area contributed by atoms with Gasteiger partial charge >= 0.3 is 0 Å². The number of carbonyl (C=O) groups excluding carboxylic acids is 1. The van der Waals surface area contributed by atoms with Crippen LogP contribution in [0.1, 0.15) is 22.3 Å². The van der Waals surface area contributed by atoms with Gasteiger partial charge in [-0.25, -0.2) is 0 Å². The third-order valence-corrected chi connectivity index (χ3v) is 2.34. The van der Waals surface area contributed by atoms with E-state index in [-0.39, 0.29) is 12.3 Å². The highest BCUT2D eigenvalue weighted by atomic mass is 16.5. The van der Waals surface area contributed by atoms with Crippen LogP contribution < -0.4 is 5.32 Å². The Hall–Kier alpha value is -1.86. The van der Waals surface area contributed by atoms with E-state index in [0.29, 0.717) is 18.7 Å². The molecule has 0 aliphatic heterocycles. The summed E-state index contributed by atoms with van der Waals surface area (Å²) in [7, 11) is 1.63. The molecule has 0 radical (unpaired) electrons. The third-order valence-electron chi connectivity index (χ3n) is 2.34. The van der Waals surface area contributed by atoms with Gasteiger partial charge < -0.3 is 10.1 Å². The first-order valence-electron chi connectivity index (χ1n) is 5.51. The number of nitrogens with one attached hydrogen (secondary N) is 1. The van der Waals surface area contributed by atoms with Crippen LogP contribution in [0.4, 0.5) is 0 Å². The molecule has 4 heteroatoms. The van der Waals surface area contributed by atoms with Crippen molar-refractivity contribution in [1.82, 2.24) is 5.32 Å². The Morgan fingerprint density at radius 3 is 2.94 bits per heavy atom. The second-order valence-electron chi connectivity index (χ2n) is 3.59. The standard InChI is InChI=1S/C13H16N2O2/c1-17-10-4-9-15-13(16)12-6-3-2-5-11(12)7-8-14/h2-3,5-6H,4,7,9-10H2,1H3,(H,15,16). The van der Waals surface area contributed by atoms with E-state index in [1.165, 1.54) is 0 Å². The van der Waals surface area contributed by atoms with Gasteiger partial charge in [-0.05, 0) is 18.1 Å². The van der Waals surface area contributed by atoms with E-state index in [1.54, 1.807) is 25.3 Å². The van der Waals surface area contributed by atoms with Crippen molar-refractivity contribution in [3.05, 3.63) is 35.4 Å². The molecular weight excluding hydrogens is 216 g/mol. The average Bonchev–Trinajstić information content (AvgIpc) is 2.35. The topological polar surface area (TPSA) is 62.1 Å². The number of amides is 1. The molecule has 1 rings (SSSR count). The van der Waals surface area contributed by atoms with Gasteiger partial charge in [0.1, 0.15) is 0 Å². The highest BCUT2D eigenvalue weighted by Crippen LogP contribution is 2.08. The Kier molecular flexibility index (Phi) is 5.76. The van der Waals surface area contributed by atoms with Crippen molar-refractivity contribution in [2.24, 2.45) is 0 Å². The highest BCUT2D eigenvalue weighted by Gasteiger charge is 2.09. The lowest BCUT2D eigenvalue weighted by atomic mass is 10.0. The molecule has 0 saturated carbocycles. The number of nitrogens with zero attached hydrogens (tertiary/aromatic N) is 1. The van der Waals surface area contributed by atoms with Gasteiger partial charge in [0.15, 0.2) is 0 Å². The second kappa shape index (κ2) is 7.42. The molecule has 17 heavy (non-hydrogen) atoms. The molecular formula is C13H16N2O2. The summed E-state index contributed by atoms with van der Waals surface area (Å²) in [5.74, 6) is -0.132. The molecule has 0 aromatic heterocycles. The van der Waals surface area contributed by atoms with Crippen LogP contribution in [0.15, 0.2) is 24.3 Å². The minimum atomic E-state index is -0.132. The second-order valence-corrected chi connectivity index (χ2v) is 3.59. The number of methoxy groups -OCH3 is 1. The normalized spacial score (nSPS) is 9.65. The molecule has 0 unspecified atom stereocenters. The fourth-order valence-electron chi connectivity index (χ4n) is 1.49. The predicted octanol–water partition coefficient (Wildman–Crippen LogP) is 1.52. The number of carbonyl (C=O) groups is 1. The van der Waals surface area contributed by atoms with Crippen LogP contribution in [0.3, 0.4) is 0 Å². The molecule has 0 bridgehead atoms. The monoisotopic (exact) mass is 232 g/mol. The van der Waals surface area contributed by atoms with E-state index in [2.05, 4.69) is 11.4 Å². The first-order chi connectivity index (χ1) is 8.29. The summed E-state index contributed by atoms with van der Waals surface area (Å²) < 4.78 is 4.90. The maximum Gasteiger partial charge on any atom is 0.251 e. The number of hydrogen-bond donors (Lipinski definition) is 1. The molecule has 0 atom stereocenters. The molecule has 0 aliphatic carbocycles. The molecule has 0 fully saturated rings. The molecule has 0 heterocycles. The summed E-state index contributed by atoms with van der Waals surface area (Å²) in [5.41, 5.74) is 1.34. The van der Waals surface area contributed by atoms with Crippen LogP contribution in [0.25, 0.3) is 0 Å². The Bertz CT molecular complexity index is 410. The van der Waals surface area contributed by atoms with E-state index in [9.17, 15) is 4.79 Å². The van der Waals surface area contributed by atoms with Crippen molar-refractivity contribution >= 4 is 5.91 Å². The first kappa shape index (κ1) is 13.2. The number of ether oxygens (including phenoxy) is 1. The fourth-order valence-corrected chi connectivity index (χ4v) is 1.49. The zero-order chi connectivity index (χ0) is 12.5. The molecule has 0 aliphatic rings. The lowest BCUT2D eigenvalue weighted by molar-refractivity contribution is 0.0948.